The monoisotopic (exact) mass is 378 g/mol. The Bertz CT molecular complexity index is 1020. The number of aromatic nitrogens is 1. The summed E-state index contributed by atoms with van der Waals surface area (Å²) in [7, 11) is -3.69. The first-order valence-electron chi connectivity index (χ1n) is 8.31. The minimum Gasteiger partial charge on any atom is -0.426 e. The van der Waals surface area contributed by atoms with Crippen molar-refractivity contribution in [2.24, 2.45) is 11.1 Å². The first kappa shape index (κ1) is 17.0. The number of benzene rings is 1. The van der Waals surface area contributed by atoms with Crippen LogP contribution in [0.25, 0.3) is 11.0 Å². The van der Waals surface area contributed by atoms with Gasteiger partial charge in [-0.1, -0.05) is 10.3 Å². The summed E-state index contributed by atoms with van der Waals surface area (Å²) in [5.74, 6) is -0.316. The maximum atomic E-state index is 12.6. The Balaban J connectivity index is 1.59. The quantitative estimate of drug-likeness (QED) is 0.594. The van der Waals surface area contributed by atoms with Crippen LogP contribution >= 0.6 is 0 Å². The fourth-order valence-electron chi connectivity index (χ4n) is 2.69. The van der Waals surface area contributed by atoms with Crippen molar-refractivity contribution in [1.29, 1.82) is 0 Å². The first-order chi connectivity index (χ1) is 12.2. The van der Waals surface area contributed by atoms with Crippen molar-refractivity contribution >= 4 is 31.8 Å². The van der Waals surface area contributed by atoms with Crippen LogP contribution in [0.3, 0.4) is 0 Å². The molecule has 1 fully saturated rings. The van der Waals surface area contributed by atoms with Crippen LogP contribution in [0.2, 0.25) is 0 Å². The van der Waals surface area contributed by atoms with Gasteiger partial charge in [0.2, 0.25) is 9.84 Å². The molecule has 0 amide bonds. The predicted molar refractivity (Wildman–Crippen MR) is 92.2 cm³/mol. The van der Waals surface area contributed by atoms with Gasteiger partial charge in [0.15, 0.2) is 10.6 Å². The highest BCUT2D eigenvalue weighted by molar-refractivity contribution is 8.05. The van der Waals surface area contributed by atoms with E-state index >= 15 is 0 Å². The number of hydrogen-bond donors (Lipinski definition) is 0. The van der Waals surface area contributed by atoms with E-state index in [-0.39, 0.29) is 34.8 Å². The molecule has 26 heavy (non-hydrogen) atoms. The number of rotatable bonds is 4. The number of esters is 1. The van der Waals surface area contributed by atoms with Crippen LogP contribution < -0.4 is 4.74 Å². The number of carbonyl (C=O) groups excluding carboxylic acids is 1. The summed E-state index contributed by atoms with van der Waals surface area (Å²) < 4.78 is 35.7. The molecule has 0 N–H and O–H groups in total. The van der Waals surface area contributed by atoms with Crippen LogP contribution in [-0.2, 0) is 25.2 Å². The third-order valence-electron chi connectivity index (χ3n) is 4.30. The SMILES string of the molecule is CC1(C)CC(S(=O)(=O)Cc2noc3ccc(OC(=O)C4CC4)cc23)=NO1. The lowest BCUT2D eigenvalue weighted by molar-refractivity contribution is -0.135. The van der Waals surface area contributed by atoms with E-state index in [1.807, 2.05) is 0 Å². The summed E-state index contributed by atoms with van der Waals surface area (Å²) in [5.41, 5.74) is 0.0291. The predicted octanol–water partition coefficient (Wildman–Crippen LogP) is 2.57. The molecular weight excluding hydrogens is 360 g/mol. The van der Waals surface area contributed by atoms with Crippen molar-refractivity contribution in [3.63, 3.8) is 0 Å². The Morgan fingerprint density at radius 2 is 2.12 bits per heavy atom. The molecule has 2 aliphatic rings. The Morgan fingerprint density at radius 3 is 2.77 bits per heavy atom. The molecule has 2 aromatic rings. The highest BCUT2D eigenvalue weighted by Crippen LogP contribution is 2.32. The maximum Gasteiger partial charge on any atom is 0.314 e. The molecule has 1 saturated carbocycles. The van der Waals surface area contributed by atoms with Gasteiger partial charge in [0.25, 0.3) is 0 Å². The van der Waals surface area contributed by atoms with E-state index in [0.29, 0.717) is 16.7 Å². The summed E-state index contributed by atoms with van der Waals surface area (Å²) in [6.45, 7) is 3.54. The molecule has 2 heterocycles. The summed E-state index contributed by atoms with van der Waals surface area (Å²) in [4.78, 5) is 17.0. The lowest BCUT2D eigenvalue weighted by atomic mass is 10.1. The summed E-state index contributed by atoms with van der Waals surface area (Å²) >= 11 is 0. The fourth-order valence-corrected chi connectivity index (χ4v) is 4.14. The molecule has 0 unspecified atom stereocenters. The topological polar surface area (TPSA) is 108 Å². The van der Waals surface area contributed by atoms with Crippen LogP contribution in [0.1, 0.15) is 38.8 Å². The largest absolute Gasteiger partial charge is 0.426 e. The van der Waals surface area contributed by atoms with Gasteiger partial charge in [0, 0.05) is 11.8 Å². The molecule has 138 valence electrons. The lowest BCUT2D eigenvalue weighted by Crippen LogP contribution is -2.23. The second-order valence-electron chi connectivity index (χ2n) is 7.25. The third-order valence-corrected chi connectivity index (χ3v) is 5.89. The third kappa shape index (κ3) is 3.31. The van der Waals surface area contributed by atoms with Gasteiger partial charge in [-0.05, 0) is 44.9 Å². The Labute approximate surface area is 150 Å². The maximum absolute atomic E-state index is 12.6. The van der Waals surface area contributed by atoms with E-state index in [1.54, 1.807) is 32.0 Å². The van der Waals surface area contributed by atoms with Crippen molar-refractivity contribution in [2.75, 3.05) is 0 Å². The van der Waals surface area contributed by atoms with Crippen LogP contribution in [0, 0.1) is 5.92 Å². The number of fused-ring (bicyclic) bond motifs is 1. The van der Waals surface area contributed by atoms with E-state index in [2.05, 4.69) is 10.3 Å². The molecule has 1 aromatic carbocycles. The van der Waals surface area contributed by atoms with Crippen LogP contribution in [0.15, 0.2) is 27.9 Å². The number of ether oxygens (including phenoxy) is 1. The summed E-state index contributed by atoms with van der Waals surface area (Å²) in [6.07, 6.45) is 1.89. The zero-order chi connectivity index (χ0) is 18.5. The summed E-state index contributed by atoms with van der Waals surface area (Å²) in [6, 6.07) is 4.78. The molecule has 1 aromatic heterocycles. The van der Waals surface area contributed by atoms with Gasteiger partial charge in [-0.15, -0.1) is 0 Å². The number of nitrogens with zero attached hydrogens (tertiary/aromatic N) is 2. The van der Waals surface area contributed by atoms with E-state index in [4.69, 9.17) is 14.1 Å². The average Bonchev–Trinajstić information content (AvgIpc) is 3.26. The zero-order valence-corrected chi connectivity index (χ0v) is 15.2. The molecule has 8 nitrogen and oxygen atoms in total. The number of hydrogen-bond acceptors (Lipinski definition) is 8. The normalized spacial score (nSPS) is 19.2. The van der Waals surface area contributed by atoms with Crippen molar-refractivity contribution in [3.05, 3.63) is 23.9 Å². The van der Waals surface area contributed by atoms with Crippen molar-refractivity contribution in [1.82, 2.24) is 5.16 Å². The van der Waals surface area contributed by atoms with Crippen LogP contribution in [0.4, 0.5) is 0 Å². The minimum atomic E-state index is -3.69. The second kappa shape index (κ2) is 5.80. The number of sulfone groups is 1. The highest BCUT2D eigenvalue weighted by atomic mass is 32.2. The number of carbonyl (C=O) groups is 1. The van der Waals surface area contributed by atoms with Gasteiger partial charge < -0.3 is 14.1 Å². The van der Waals surface area contributed by atoms with Crippen LogP contribution in [-0.4, -0.2) is 30.2 Å². The highest BCUT2D eigenvalue weighted by Gasteiger charge is 2.37. The molecule has 4 rings (SSSR count). The molecule has 1 aliphatic heterocycles. The fraction of sp³-hybridized carbons (Fsp3) is 0.471. The molecule has 9 heteroatoms. The molecule has 0 radical (unpaired) electrons. The summed E-state index contributed by atoms with van der Waals surface area (Å²) in [5, 5.41) is 8.06. The average molecular weight is 378 g/mol. The van der Waals surface area contributed by atoms with E-state index in [1.165, 1.54) is 0 Å². The van der Waals surface area contributed by atoms with E-state index in [0.717, 1.165) is 12.8 Å². The van der Waals surface area contributed by atoms with Gasteiger partial charge in [0.1, 0.15) is 22.8 Å². The lowest BCUT2D eigenvalue weighted by Gasteiger charge is -2.13. The minimum absolute atomic E-state index is 0.00466. The van der Waals surface area contributed by atoms with Gasteiger partial charge in [0.05, 0.1) is 5.92 Å². The van der Waals surface area contributed by atoms with Gasteiger partial charge >= 0.3 is 5.97 Å². The number of oxime groups is 1. The Kier molecular flexibility index (Phi) is 3.80. The van der Waals surface area contributed by atoms with E-state index in [9.17, 15) is 13.2 Å². The first-order valence-corrected chi connectivity index (χ1v) is 9.97. The van der Waals surface area contributed by atoms with Gasteiger partial charge in [-0.3, -0.25) is 4.79 Å². The molecule has 0 saturated heterocycles. The molecule has 1 aliphatic carbocycles. The van der Waals surface area contributed by atoms with Gasteiger partial charge in [-0.25, -0.2) is 8.42 Å². The van der Waals surface area contributed by atoms with Crippen molar-refractivity contribution in [2.45, 2.75) is 44.5 Å². The molecule has 0 atom stereocenters. The Morgan fingerprint density at radius 1 is 1.35 bits per heavy atom. The zero-order valence-electron chi connectivity index (χ0n) is 14.4. The van der Waals surface area contributed by atoms with Crippen molar-refractivity contribution in [3.8, 4) is 5.75 Å². The van der Waals surface area contributed by atoms with Crippen molar-refractivity contribution < 1.29 is 27.3 Å². The Hall–Kier alpha value is -2.42. The molecule has 0 spiro atoms. The molecule has 0 bridgehead atoms. The smallest absolute Gasteiger partial charge is 0.314 e. The van der Waals surface area contributed by atoms with Gasteiger partial charge in [-0.2, -0.15) is 0 Å². The standard InChI is InChI=1S/C17H18N2O6S/c1-17(2)8-15(19-25-17)26(21,22)9-13-12-7-11(5-6-14(12)24-18-13)23-16(20)10-3-4-10/h5-7,10H,3-4,8-9H2,1-2H3. The van der Waals surface area contributed by atoms with Crippen LogP contribution in [0.5, 0.6) is 5.75 Å². The van der Waals surface area contributed by atoms with E-state index < -0.39 is 15.4 Å². The second-order valence-corrected chi connectivity index (χ2v) is 9.24. The molecular formula is C17H18N2O6S.